The van der Waals surface area contributed by atoms with Gasteiger partial charge in [0.15, 0.2) is 0 Å². The van der Waals surface area contributed by atoms with Crippen molar-refractivity contribution in [3.63, 3.8) is 0 Å². The number of hydrogen-bond acceptors (Lipinski definition) is 2. The number of rotatable bonds is 6. The Labute approximate surface area is 180 Å². The van der Waals surface area contributed by atoms with Gasteiger partial charge in [-0.25, -0.2) is 4.98 Å². The van der Waals surface area contributed by atoms with E-state index in [-0.39, 0.29) is 11.5 Å². The first kappa shape index (κ1) is 19.3. The topological polar surface area (TPSA) is 66.8 Å². The summed E-state index contributed by atoms with van der Waals surface area (Å²) in [6.45, 7) is 3.49. The lowest BCUT2D eigenvalue weighted by atomic mass is 9.91. The van der Waals surface area contributed by atoms with E-state index in [0.717, 1.165) is 23.3 Å². The summed E-state index contributed by atoms with van der Waals surface area (Å²) in [4.78, 5) is 20.6. The fraction of sp³-hybridized carbons (Fsp3) is 0.154. The number of nitrogens with one attached hydrogen (secondary N) is 1. The van der Waals surface area contributed by atoms with Crippen LogP contribution >= 0.6 is 0 Å². The van der Waals surface area contributed by atoms with Crippen LogP contribution in [0.25, 0.3) is 16.6 Å². The van der Waals surface area contributed by atoms with Crippen molar-refractivity contribution in [2.45, 2.75) is 19.4 Å². The molecule has 0 bridgehead atoms. The molecule has 31 heavy (non-hydrogen) atoms. The standard InChI is InChI=1S/C26H24N4O/c1-18-11-12-25-29-20(13-26(31)30(25)17-18)14-27-15-22(19-7-3-2-4-8-19)23-16-28-24-10-6-5-9-21(23)24/h2-13,16-17,22,27-28H,14-15H2,1H3/p+1/t22-/m0/s1. The molecule has 3 N–H and O–H groups in total. The van der Waals surface area contributed by atoms with Gasteiger partial charge >= 0.3 is 0 Å². The number of quaternary nitrogens is 1. The molecule has 0 saturated carbocycles. The van der Waals surface area contributed by atoms with E-state index in [0.29, 0.717) is 12.2 Å². The van der Waals surface area contributed by atoms with E-state index in [1.807, 2.05) is 31.3 Å². The zero-order valence-electron chi connectivity index (χ0n) is 17.5. The maximum Gasteiger partial charge on any atom is 0.258 e. The molecule has 3 aromatic heterocycles. The van der Waals surface area contributed by atoms with Gasteiger partial charge < -0.3 is 10.3 Å². The highest BCUT2D eigenvalue weighted by molar-refractivity contribution is 5.84. The number of para-hydroxylation sites is 1. The molecule has 0 aliphatic rings. The number of pyridine rings is 1. The Morgan fingerprint density at radius 2 is 1.84 bits per heavy atom. The molecule has 0 amide bonds. The summed E-state index contributed by atoms with van der Waals surface area (Å²) in [5.41, 5.74) is 6.23. The summed E-state index contributed by atoms with van der Waals surface area (Å²) >= 11 is 0. The molecule has 154 valence electrons. The van der Waals surface area contributed by atoms with Gasteiger partial charge in [0.05, 0.1) is 12.5 Å². The predicted molar refractivity (Wildman–Crippen MR) is 123 cm³/mol. The fourth-order valence-electron chi connectivity index (χ4n) is 4.27. The number of aromatic nitrogens is 3. The SMILES string of the molecule is Cc1ccc2nc(C[NH2+]C[C@@H](c3ccccc3)c3c[nH]c4ccccc34)cc(=O)n2c1. The van der Waals surface area contributed by atoms with Crippen LogP contribution < -0.4 is 10.9 Å². The molecule has 5 nitrogen and oxygen atoms in total. The van der Waals surface area contributed by atoms with Crippen molar-refractivity contribution in [3.05, 3.63) is 118 Å². The first-order chi connectivity index (χ1) is 15.2. The van der Waals surface area contributed by atoms with Crippen molar-refractivity contribution in [1.82, 2.24) is 14.4 Å². The number of aryl methyl sites for hydroxylation is 1. The molecule has 5 heteroatoms. The Kier molecular flexibility index (Phi) is 5.10. The number of nitrogens with two attached hydrogens (primary N) is 1. The number of fused-ring (bicyclic) bond motifs is 2. The quantitative estimate of drug-likeness (QED) is 0.452. The molecule has 0 radical (unpaired) electrons. The Morgan fingerprint density at radius 1 is 1.03 bits per heavy atom. The first-order valence-electron chi connectivity index (χ1n) is 10.6. The molecule has 0 aliphatic carbocycles. The molecule has 1 atom stereocenters. The van der Waals surface area contributed by atoms with Crippen LogP contribution in [0.4, 0.5) is 0 Å². The summed E-state index contributed by atoms with van der Waals surface area (Å²) in [6, 6.07) is 24.5. The number of benzene rings is 2. The van der Waals surface area contributed by atoms with Gasteiger partial charge in [0.25, 0.3) is 5.56 Å². The second-order valence-electron chi connectivity index (χ2n) is 8.00. The highest BCUT2D eigenvalue weighted by Crippen LogP contribution is 2.29. The Balaban J connectivity index is 1.41. The molecule has 0 aliphatic heterocycles. The summed E-state index contributed by atoms with van der Waals surface area (Å²) in [6.07, 6.45) is 3.96. The monoisotopic (exact) mass is 409 g/mol. The minimum Gasteiger partial charge on any atom is -0.361 e. The predicted octanol–water partition coefficient (Wildman–Crippen LogP) is 3.38. The normalized spacial score (nSPS) is 12.4. The van der Waals surface area contributed by atoms with Crippen molar-refractivity contribution in [2.75, 3.05) is 6.54 Å². The summed E-state index contributed by atoms with van der Waals surface area (Å²) in [5, 5.41) is 3.49. The van der Waals surface area contributed by atoms with E-state index in [9.17, 15) is 4.79 Å². The Bertz CT molecular complexity index is 1400. The van der Waals surface area contributed by atoms with Gasteiger partial charge in [-0.05, 0) is 35.7 Å². The summed E-state index contributed by atoms with van der Waals surface area (Å²) < 4.78 is 1.61. The third-order valence-electron chi connectivity index (χ3n) is 5.81. The number of hydrogen-bond donors (Lipinski definition) is 2. The van der Waals surface area contributed by atoms with Crippen molar-refractivity contribution in [2.24, 2.45) is 0 Å². The van der Waals surface area contributed by atoms with Gasteiger partial charge in [-0.1, -0.05) is 54.6 Å². The minimum absolute atomic E-state index is 0.0339. The van der Waals surface area contributed by atoms with Gasteiger partial charge in [0.2, 0.25) is 0 Å². The maximum absolute atomic E-state index is 12.5. The highest BCUT2D eigenvalue weighted by Gasteiger charge is 2.20. The largest absolute Gasteiger partial charge is 0.361 e. The molecule has 2 aromatic carbocycles. The molecule has 0 saturated heterocycles. The van der Waals surface area contributed by atoms with Crippen LogP contribution in [-0.4, -0.2) is 20.9 Å². The Morgan fingerprint density at radius 3 is 2.71 bits per heavy atom. The van der Waals surface area contributed by atoms with Gasteiger partial charge in [0.1, 0.15) is 17.9 Å². The third kappa shape index (κ3) is 3.88. The van der Waals surface area contributed by atoms with E-state index in [1.165, 1.54) is 16.5 Å². The van der Waals surface area contributed by atoms with Crippen LogP contribution in [0, 0.1) is 6.92 Å². The van der Waals surface area contributed by atoms with E-state index >= 15 is 0 Å². The highest BCUT2D eigenvalue weighted by atomic mass is 16.1. The van der Waals surface area contributed by atoms with Crippen LogP contribution in [0.5, 0.6) is 0 Å². The number of H-pyrrole nitrogens is 1. The molecule has 5 aromatic rings. The second kappa shape index (κ2) is 8.20. The van der Waals surface area contributed by atoms with E-state index in [2.05, 4.69) is 70.0 Å². The number of nitrogens with zero attached hydrogens (tertiary/aromatic N) is 2. The van der Waals surface area contributed by atoms with E-state index in [1.54, 1.807) is 10.5 Å². The first-order valence-corrected chi connectivity index (χ1v) is 10.6. The molecule has 0 spiro atoms. The summed E-state index contributed by atoms with van der Waals surface area (Å²) in [5.74, 6) is 0.238. The second-order valence-corrected chi connectivity index (χ2v) is 8.00. The lowest BCUT2D eigenvalue weighted by Gasteiger charge is -2.16. The molecule has 0 fully saturated rings. The van der Waals surface area contributed by atoms with Gasteiger partial charge in [-0.3, -0.25) is 9.20 Å². The van der Waals surface area contributed by atoms with E-state index in [4.69, 9.17) is 0 Å². The van der Waals surface area contributed by atoms with Crippen LogP contribution in [-0.2, 0) is 6.54 Å². The molecule has 3 heterocycles. The fourth-order valence-corrected chi connectivity index (χ4v) is 4.27. The molecular weight excluding hydrogens is 384 g/mol. The van der Waals surface area contributed by atoms with Crippen LogP contribution in [0.2, 0.25) is 0 Å². The smallest absolute Gasteiger partial charge is 0.258 e. The minimum atomic E-state index is -0.0339. The van der Waals surface area contributed by atoms with Crippen LogP contribution in [0.1, 0.15) is 28.3 Å². The van der Waals surface area contributed by atoms with Crippen molar-refractivity contribution in [1.29, 1.82) is 0 Å². The van der Waals surface area contributed by atoms with Crippen molar-refractivity contribution < 1.29 is 5.32 Å². The van der Waals surface area contributed by atoms with Gasteiger partial charge in [-0.2, -0.15) is 0 Å². The third-order valence-corrected chi connectivity index (χ3v) is 5.81. The van der Waals surface area contributed by atoms with E-state index < -0.39 is 0 Å². The number of aromatic amines is 1. The zero-order valence-corrected chi connectivity index (χ0v) is 17.5. The maximum atomic E-state index is 12.5. The van der Waals surface area contributed by atoms with Crippen LogP contribution in [0.15, 0.2) is 90.0 Å². The lowest BCUT2D eigenvalue weighted by molar-refractivity contribution is -0.672. The van der Waals surface area contributed by atoms with Crippen molar-refractivity contribution in [3.8, 4) is 0 Å². The van der Waals surface area contributed by atoms with Gasteiger partial charge in [0, 0.05) is 29.4 Å². The molecule has 0 unspecified atom stereocenters. The zero-order chi connectivity index (χ0) is 21.2. The molecular formula is C26H25N4O+. The average molecular weight is 410 g/mol. The lowest BCUT2D eigenvalue weighted by Crippen LogP contribution is -2.83. The van der Waals surface area contributed by atoms with Crippen LogP contribution in [0.3, 0.4) is 0 Å². The average Bonchev–Trinajstić information content (AvgIpc) is 3.22. The summed E-state index contributed by atoms with van der Waals surface area (Å²) in [7, 11) is 0. The molecule has 5 rings (SSSR count). The Hall–Kier alpha value is -3.70. The van der Waals surface area contributed by atoms with Gasteiger partial charge in [-0.15, -0.1) is 0 Å². The van der Waals surface area contributed by atoms with Crippen molar-refractivity contribution >= 4 is 16.6 Å².